The van der Waals surface area contributed by atoms with Gasteiger partial charge >= 0.3 is 0 Å². The monoisotopic (exact) mass is 374 g/mol. The van der Waals surface area contributed by atoms with Gasteiger partial charge in [0, 0.05) is 31.4 Å². The Bertz CT molecular complexity index is 851. The van der Waals surface area contributed by atoms with Gasteiger partial charge in [-0.2, -0.15) is 5.10 Å². The van der Waals surface area contributed by atoms with Gasteiger partial charge in [-0.25, -0.2) is 4.39 Å². The van der Waals surface area contributed by atoms with Crippen LogP contribution in [0.5, 0.6) is 5.75 Å². The molecule has 0 bridgehead atoms. The summed E-state index contributed by atoms with van der Waals surface area (Å²) in [6, 6.07) is 5.81. The van der Waals surface area contributed by atoms with Gasteiger partial charge in [-0.1, -0.05) is 6.07 Å². The topological polar surface area (TPSA) is 78.5 Å². The fraction of sp³-hybridized carbons (Fsp3) is 0.421. The third-order valence-electron chi connectivity index (χ3n) is 4.59. The Labute approximate surface area is 157 Å². The van der Waals surface area contributed by atoms with Crippen LogP contribution in [-0.2, 0) is 0 Å². The third-order valence-corrected chi connectivity index (χ3v) is 4.59. The molecule has 1 atom stereocenters. The van der Waals surface area contributed by atoms with Gasteiger partial charge in [-0.3, -0.25) is 14.7 Å². The number of amides is 2. The summed E-state index contributed by atoms with van der Waals surface area (Å²) in [5.74, 6) is -1.05. The van der Waals surface area contributed by atoms with Crippen molar-refractivity contribution < 1.29 is 18.7 Å². The minimum atomic E-state index is -0.557. The van der Waals surface area contributed by atoms with Crippen LogP contribution < -0.4 is 4.74 Å². The van der Waals surface area contributed by atoms with E-state index in [2.05, 4.69) is 10.2 Å². The van der Waals surface area contributed by atoms with Crippen molar-refractivity contribution in [2.24, 2.45) is 0 Å². The van der Waals surface area contributed by atoms with Crippen molar-refractivity contribution in [3.8, 4) is 5.75 Å². The number of ether oxygens (including phenoxy) is 1. The summed E-state index contributed by atoms with van der Waals surface area (Å²) in [5.41, 5.74) is 1.38. The molecule has 1 aromatic carbocycles. The number of para-hydroxylation sites is 1. The molecule has 1 aromatic heterocycles. The van der Waals surface area contributed by atoms with Crippen LogP contribution in [-0.4, -0.2) is 64.1 Å². The molecule has 1 N–H and O–H groups in total. The number of aromatic amines is 1. The smallest absolute Gasteiger partial charge is 0.274 e. The molecule has 0 radical (unpaired) electrons. The number of piperazine rings is 1. The van der Waals surface area contributed by atoms with Crippen LogP contribution in [0.4, 0.5) is 4.39 Å². The number of rotatable bonds is 4. The van der Waals surface area contributed by atoms with Crippen molar-refractivity contribution in [3.63, 3.8) is 0 Å². The van der Waals surface area contributed by atoms with E-state index in [0.717, 1.165) is 5.69 Å². The second-order valence-corrected chi connectivity index (χ2v) is 6.58. The van der Waals surface area contributed by atoms with Crippen LogP contribution in [0.2, 0.25) is 0 Å². The molecule has 7 nitrogen and oxygen atoms in total. The summed E-state index contributed by atoms with van der Waals surface area (Å²) in [4.78, 5) is 28.9. The van der Waals surface area contributed by atoms with E-state index in [1.54, 1.807) is 28.9 Å². The number of carbonyl (C=O) groups excluding carboxylic acids is 2. The van der Waals surface area contributed by atoms with Gasteiger partial charge in [0.2, 0.25) is 0 Å². The summed E-state index contributed by atoms with van der Waals surface area (Å²) in [6.07, 6.45) is 0. The maximum absolute atomic E-state index is 14.1. The van der Waals surface area contributed by atoms with Gasteiger partial charge in [0.25, 0.3) is 11.8 Å². The first-order valence-corrected chi connectivity index (χ1v) is 8.96. The number of hydrogen-bond donors (Lipinski definition) is 1. The van der Waals surface area contributed by atoms with E-state index in [1.807, 2.05) is 13.8 Å². The van der Waals surface area contributed by atoms with Crippen LogP contribution in [0.3, 0.4) is 0 Å². The van der Waals surface area contributed by atoms with E-state index < -0.39 is 5.82 Å². The lowest BCUT2D eigenvalue weighted by Gasteiger charge is -2.39. The van der Waals surface area contributed by atoms with Crippen LogP contribution in [0.25, 0.3) is 0 Å². The quantitative estimate of drug-likeness (QED) is 0.890. The maximum Gasteiger partial charge on any atom is 0.274 e. The molecule has 27 heavy (non-hydrogen) atoms. The van der Waals surface area contributed by atoms with E-state index in [-0.39, 0.29) is 35.8 Å². The zero-order valence-electron chi connectivity index (χ0n) is 15.7. The summed E-state index contributed by atoms with van der Waals surface area (Å²) in [7, 11) is 0. The highest BCUT2D eigenvalue weighted by Crippen LogP contribution is 2.26. The number of hydrogen-bond acceptors (Lipinski definition) is 4. The molecule has 1 aliphatic rings. The first kappa shape index (κ1) is 18.9. The van der Waals surface area contributed by atoms with Crippen molar-refractivity contribution in [2.75, 3.05) is 26.2 Å². The highest BCUT2D eigenvalue weighted by molar-refractivity contribution is 5.97. The molecular weight excluding hydrogens is 351 g/mol. The van der Waals surface area contributed by atoms with Gasteiger partial charge in [-0.15, -0.1) is 0 Å². The molecule has 2 aromatic rings. The Morgan fingerprint density at radius 1 is 1.33 bits per heavy atom. The van der Waals surface area contributed by atoms with Crippen LogP contribution in [0.1, 0.15) is 40.4 Å². The third kappa shape index (κ3) is 3.79. The summed E-state index contributed by atoms with van der Waals surface area (Å²) in [6.45, 7) is 6.84. The first-order chi connectivity index (χ1) is 12.9. The fourth-order valence-corrected chi connectivity index (χ4v) is 3.26. The van der Waals surface area contributed by atoms with Crippen molar-refractivity contribution in [2.45, 2.75) is 26.8 Å². The Kier molecular flexibility index (Phi) is 5.43. The average Bonchev–Trinajstić information content (AvgIpc) is 3.08. The Balaban J connectivity index is 1.74. The summed E-state index contributed by atoms with van der Waals surface area (Å²) in [5, 5.41) is 6.76. The molecule has 0 saturated carbocycles. The normalized spacial score (nSPS) is 17.1. The maximum atomic E-state index is 14.1. The van der Waals surface area contributed by atoms with E-state index in [4.69, 9.17) is 4.74 Å². The molecule has 144 valence electrons. The lowest BCUT2D eigenvalue weighted by molar-refractivity contribution is 0.0408. The van der Waals surface area contributed by atoms with Crippen molar-refractivity contribution >= 4 is 11.8 Å². The second-order valence-electron chi connectivity index (χ2n) is 6.58. The molecule has 0 unspecified atom stereocenters. The molecule has 2 heterocycles. The minimum absolute atomic E-state index is 0.0253. The molecule has 2 amide bonds. The Morgan fingerprint density at radius 2 is 2.11 bits per heavy atom. The lowest BCUT2D eigenvalue weighted by atomic mass is 10.1. The number of aromatic nitrogens is 2. The molecule has 1 saturated heterocycles. The van der Waals surface area contributed by atoms with Gasteiger partial charge < -0.3 is 14.5 Å². The Hall–Kier alpha value is -2.90. The van der Waals surface area contributed by atoms with E-state index in [0.29, 0.717) is 25.3 Å². The molecule has 0 aliphatic carbocycles. The zero-order valence-corrected chi connectivity index (χ0v) is 15.7. The number of benzene rings is 1. The number of nitrogens with one attached hydrogen (secondary N) is 1. The first-order valence-electron chi connectivity index (χ1n) is 8.96. The molecule has 0 spiro atoms. The minimum Gasteiger partial charge on any atom is -0.490 e. The fourth-order valence-electron chi connectivity index (χ4n) is 3.26. The molecule has 8 heteroatoms. The van der Waals surface area contributed by atoms with Crippen molar-refractivity contribution in [1.82, 2.24) is 20.0 Å². The van der Waals surface area contributed by atoms with Crippen LogP contribution in [0, 0.1) is 12.7 Å². The Morgan fingerprint density at radius 3 is 2.74 bits per heavy atom. The SMILES string of the molecule is CCOc1c(F)cccc1C(=O)N1CCN(C(=O)c2cc(C)[nH]n2)C[C@H]1C. The second kappa shape index (κ2) is 7.77. The van der Waals surface area contributed by atoms with Crippen LogP contribution in [0.15, 0.2) is 24.3 Å². The number of aryl methyl sites for hydroxylation is 1. The molecular formula is C19H23FN4O3. The van der Waals surface area contributed by atoms with Gasteiger partial charge in [0.05, 0.1) is 12.2 Å². The summed E-state index contributed by atoms with van der Waals surface area (Å²) < 4.78 is 19.4. The molecule has 1 aliphatic heterocycles. The molecule has 3 rings (SSSR count). The van der Waals surface area contributed by atoms with E-state index in [1.165, 1.54) is 12.1 Å². The van der Waals surface area contributed by atoms with Gasteiger partial charge in [0.15, 0.2) is 11.6 Å². The van der Waals surface area contributed by atoms with Gasteiger partial charge in [0.1, 0.15) is 5.69 Å². The summed E-state index contributed by atoms with van der Waals surface area (Å²) >= 11 is 0. The zero-order chi connectivity index (χ0) is 19.6. The highest BCUT2D eigenvalue weighted by Gasteiger charge is 2.32. The number of nitrogens with zero attached hydrogens (tertiary/aromatic N) is 3. The van der Waals surface area contributed by atoms with E-state index in [9.17, 15) is 14.0 Å². The van der Waals surface area contributed by atoms with Gasteiger partial charge in [-0.05, 0) is 39.0 Å². The lowest BCUT2D eigenvalue weighted by Crippen LogP contribution is -2.55. The van der Waals surface area contributed by atoms with Crippen molar-refractivity contribution in [1.29, 1.82) is 0 Å². The number of H-pyrrole nitrogens is 1. The highest BCUT2D eigenvalue weighted by atomic mass is 19.1. The number of halogens is 1. The predicted molar refractivity (Wildman–Crippen MR) is 97.3 cm³/mol. The number of carbonyl (C=O) groups is 2. The largest absolute Gasteiger partial charge is 0.490 e. The predicted octanol–water partition coefficient (Wildman–Crippen LogP) is 2.24. The average molecular weight is 374 g/mol. The van der Waals surface area contributed by atoms with Crippen molar-refractivity contribution in [3.05, 3.63) is 47.0 Å². The van der Waals surface area contributed by atoms with E-state index >= 15 is 0 Å². The van der Waals surface area contributed by atoms with Crippen LogP contribution >= 0.6 is 0 Å². The standard InChI is InChI=1S/C19H23FN4O3/c1-4-27-17-14(6-5-7-15(17)20)18(25)24-9-8-23(11-13(24)3)19(26)16-10-12(2)21-22-16/h5-7,10,13H,4,8-9,11H2,1-3H3,(H,21,22)/t13-/m1/s1. The molecule has 1 fully saturated rings.